The minimum Gasteiger partial charge on any atom is -0.459 e. The maximum atomic E-state index is 11.4. The summed E-state index contributed by atoms with van der Waals surface area (Å²) in [5.41, 5.74) is 1.16. The Morgan fingerprint density at radius 2 is 1.96 bits per heavy atom. The van der Waals surface area contributed by atoms with Crippen molar-refractivity contribution in [3.05, 3.63) is 30.3 Å². The molecule has 1 aromatic carbocycles. The van der Waals surface area contributed by atoms with Crippen molar-refractivity contribution in [2.45, 2.75) is 20.0 Å². The van der Waals surface area contributed by atoms with Gasteiger partial charge in [-0.2, -0.15) is 0 Å². The molecular formula is C17H27ClN2O3. The summed E-state index contributed by atoms with van der Waals surface area (Å²) in [6.45, 7) is 9.24. The van der Waals surface area contributed by atoms with Crippen LogP contribution in [0.25, 0.3) is 0 Å². The van der Waals surface area contributed by atoms with Crippen molar-refractivity contribution in [2.24, 2.45) is 0 Å². The Labute approximate surface area is 145 Å². The SMILES string of the molecule is CCN(CC(CN1CCOCC1)OC(C)=O)c1ccccc1.Cl. The fourth-order valence-corrected chi connectivity index (χ4v) is 2.74. The van der Waals surface area contributed by atoms with Crippen LogP contribution in [0.4, 0.5) is 5.69 Å². The minimum atomic E-state index is -0.220. The van der Waals surface area contributed by atoms with Crippen molar-refractivity contribution in [1.29, 1.82) is 0 Å². The lowest BCUT2D eigenvalue weighted by atomic mass is 10.2. The summed E-state index contributed by atoms with van der Waals surface area (Å²) in [5, 5.41) is 0. The van der Waals surface area contributed by atoms with Crippen molar-refractivity contribution in [2.75, 3.05) is 50.8 Å². The molecule has 1 fully saturated rings. The third-order valence-corrected chi connectivity index (χ3v) is 3.83. The Balaban J connectivity index is 0.00000264. The molecule has 0 saturated carbocycles. The highest BCUT2D eigenvalue weighted by Crippen LogP contribution is 2.15. The third-order valence-electron chi connectivity index (χ3n) is 3.83. The molecule has 5 nitrogen and oxygen atoms in total. The summed E-state index contributed by atoms with van der Waals surface area (Å²) in [7, 11) is 0. The average molecular weight is 343 g/mol. The molecule has 0 N–H and O–H groups in total. The van der Waals surface area contributed by atoms with Crippen LogP contribution in [0.3, 0.4) is 0 Å². The van der Waals surface area contributed by atoms with Crippen LogP contribution >= 0.6 is 12.4 Å². The smallest absolute Gasteiger partial charge is 0.303 e. The van der Waals surface area contributed by atoms with E-state index in [9.17, 15) is 4.79 Å². The van der Waals surface area contributed by atoms with E-state index in [4.69, 9.17) is 9.47 Å². The summed E-state index contributed by atoms with van der Waals surface area (Å²) in [6.07, 6.45) is -0.129. The predicted molar refractivity (Wildman–Crippen MR) is 94.4 cm³/mol. The lowest BCUT2D eigenvalue weighted by Gasteiger charge is -2.33. The number of para-hydroxylation sites is 1. The first-order valence-corrected chi connectivity index (χ1v) is 7.96. The van der Waals surface area contributed by atoms with Gasteiger partial charge in [0.15, 0.2) is 0 Å². The van der Waals surface area contributed by atoms with E-state index in [-0.39, 0.29) is 24.5 Å². The summed E-state index contributed by atoms with van der Waals surface area (Å²) < 4.78 is 10.9. The minimum absolute atomic E-state index is 0. The Kier molecular flexibility index (Phi) is 8.99. The zero-order valence-electron chi connectivity index (χ0n) is 13.9. The number of benzene rings is 1. The van der Waals surface area contributed by atoms with E-state index in [2.05, 4.69) is 28.9 Å². The van der Waals surface area contributed by atoms with Gasteiger partial charge in [-0.25, -0.2) is 0 Å². The highest BCUT2D eigenvalue weighted by molar-refractivity contribution is 5.85. The number of carbonyl (C=O) groups is 1. The Bertz CT molecular complexity index is 452. The van der Waals surface area contributed by atoms with Gasteiger partial charge < -0.3 is 14.4 Å². The summed E-state index contributed by atoms with van der Waals surface area (Å²) in [6, 6.07) is 10.2. The highest BCUT2D eigenvalue weighted by atomic mass is 35.5. The number of halogens is 1. The molecule has 1 aromatic rings. The van der Waals surface area contributed by atoms with E-state index in [0.29, 0.717) is 6.54 Å². The van der Waals surface area contributed by atoms with E-state index in [1.807, 2.05) is 18.2 Å². The molecule has 1 atom stereocenters. The molecule has 1 aliphatic rings. The Morgan fingerprint density at radius 3 is 2.52 bits per heavy atom. The zero-order valence-corrected chi connectivity index (χ0v) is 14.8. The van der Waals surface area contributed by atoms with Gasteiger partial charge in [-0.1, -0.05) is 18.2 Å². The van der Waals surface area contributed by atoms with E-state index in [1.165, 1.54) is 6.92 Å². The van der Waals surface area contributed by atoms with Gasteiger partial charge >= 0.3 is 5.97 Å². The van der Waals surface area contributed by atoms with Crippen LogP contribution in [-0.4, -0.2) is 62.9 Å². The number of morpholine rings is 1. The quantitative estimate of drug-likeness (QED) is 0.711. The van der Waals surface area contributed by atoms with Gasteiger partial charge in [0.05, 0.1) is 19.8 Å². The maximum Gasteiger partial charge on any atom is 0.303 e. The van der Waals surface area contributed by atoms with Gasteiger partial charge in [0, 0.05) is 38.8 Å². The maximum absolute atomic E-state index is 11.4. The molecular weight excluding hydrogens is 316 g/mol. The standard InChI is InChI=1S/C17H26N2O3.ClH/c1-3-19(16-7-5-4-6-8-16)14-17(22-15(2)20)13-18-9-11-21-12-10-18;/h4-8,17H,3,9-14H2,1-2H3;1H. The van der Waals surface area contributed by atoms with Gasteiger partial charge in [-0.15, -0.1) is 12.4 Å². The molecule has 1 aliphatic heterocycles. The summed E-state index contributed by atoms with van der Waals surface area (Å²) >= 11 is 0. The molecule has 1 saturated heterocycles. The Hall–Kier alpha value is -1.30. The second kappa shape index (κ2) is 10.5. The number of hydrogen-bond donors (Lipinski definition) is 0. The van der Waals surface area contributed by atoms with E-state index in [1.54, 1.807) is 0 Å². The molecule has 0 radical (unpaired) electrons. The van der Waals surface area contributed by atoms with Crippen molar-refractivity contribution in [3.63, 3.8) is 0 Å². The summed E-state index contributed by atoms with van der Waals surface area (Å²) in [4.78, 5) is 16.0. The number of anilines is 1. The highest BCUT2D eigenvalue weighted by Gasteiger charge is 2.21. The molecule has 0 aliphatic carbocycles. The molecule has 130 valence electrons. The summed E-state index contributed by atoms with van der Waals surface area (Å²) in [5.74, 6) is -0.220. The van der Waals surface area contributed by atoms with Crippen LogP contribution in [0, 0.1) is 0 Å². The first-order chi connectivity index (χ1) is 10.7. The Morgan fingerprint density at radius 1 is 1.30 bits per heavy atom. The predicted octanol–water partition coefficient (Wildman–Crippen LogP) is 2.20. The number of nitrogens with zero attached hydrogens (tertiary/aromatic N) is 2. The number of ether oxygens (including phenoxy) is 2. The molecule has 0 amide bonds. The second-order valence-corrected chi connectivity index (χ2v) is 5.52. The van der Waals surface area contributed by atoms with E-state index in [0.717, 1.165) is 45.1 Å². The first-order valence-electron chi connectivity index (χ1n) is 7.96. The molecule has 0 spiro atoms. The number of likely N-dealkylation sites (N-methyl/N-ethyl adjacent to an activating group) is 1. The van der Waals surface area contributed by atoms with Gasteiger partial charge in [0.2, 0.25) is 0 Å². The van der Waals surface area contributed by atoms with Crippen LogP contribution in [0.1, 0.15) is 13.8 Å². The number of hydrogen-bond acceptors (Lipinski definition) is 5. The molecule has 2 rings (SSSR count). The number of esters is 1. The molecule has 1 heterocycles. The zero-order chi connectivity index (χ0) is 15.8. The van der Waals surface area contributed by atoms with Crippen molar-refractivity contribution < 1.29 is 14.3 Å². The lowest BCUT2D eigenvalue weighted by molar-refractivity contribution is -0.147. The molecule has 23 heavy (non-hydrogen) atoms. The van der Waals surface area contributed by atoms with Crippen molar-refractivity contribution in [1.82, 2.24) is 4.90 Å². The van der Waals surface area contributed by atoms with Gasteiger partial charge in [0.25, 0.3) is 0 Å². The largest absolute Gasteiger partial charge is 0.459 e. The van der Waals surface area contributed by atoms with Gasteiger partial charge in [-0.3, -0.25) is 9.69 Å². The second-order valence-electron chi connectivity index (χ2n) is 5.52. The van der Waals surface area contributed by atoms with Crippen LogP contribution in [0.15, 0.2) is 30.3 Å². The third kappa shape index (κ3) is 6.77. The van der Waals surface area contributed by atoms with Crippen LogP contribution < -0.4 is 4.90 Å². The number of carbonyl (C=O) groups excluding carboxylic acids is 1. The monoisotopic (exact) mass is 342 g/mol. The van der Waals surface area contributed by atoms with Crippen LogP contribution in [0.2, 0.25) is 0 Å². The molecule has 0 bridgehead atoms. The molecule has 1 unspecified atom stereocenters. The van der Waals surface area contributed by atoms with Gasteiger partial charge in [0.1, 0.15) is 6.10 Å². The van der Waals surface area contributed by atoms with Crippen LogP contribution in [0.5, 0.6) is 0 Å². The first kappa shape index (κ1) is 19.7. The van der Waals surface area contributed by atoms with E-state index < -0.39 is 0 Å². The van der Waals surface area contributed by atoms with Gasteiger partial charge in [-0.05, 0) is 19.1 Å². The fraction of sp³-hybridized carbons (Fsp3) is 0.588. The topological polar surface area (TPSA) is 42.0 Å². The molecule has 0 aromatic heterocycles. The van der Waals surface area contributed by atoms with Crippen molar-refractivity contribution >= 4 is 24.1 Å². The molecule has 6 heteroatoms. The normalized spacial score (nSPS) is 16.3. The average Bonchev–Trinajstić information content (AvgIpc) is 2.53. The number of rotatable bonds is 7. The fourth-order valence-electron chi connectivity index (χ4n) is 2.74. The van der Waals surface area contributed by atoms with E-state index >= 15 is 0 Å². The van der Waals surface area contributed by atoms with Crippen molar-refractivity contribution in [3.8, 4) is 0 Å². The lowest BCUT2D eigenvalue weighted by Crippen LogP contribution is -2.46. The van der Waals surface area contributed by atoms with Crippen LogP contribution in [-0.2, 0) is 14.3 Å².